The van der Waals surface area contributed by atoms with Gasteiger partial charge in [-0.1, -0.05) is 6.07 Å². The highest BCUT2D eigenvalue weighted by Gasteiger charge is 2.14. The number of ether oxygens (including phenoxy) is 1. The van der Waals surface area contributed by atoms with E-state index in [0.717, 1.165) is 37.8 Å². The van der Waals surface area contributed by atoms with E-state index in [0.29, 0.717) is 12.6 Å². The van der Waals surface area contributed by atoms with Crippen LogP contribution in [0.15, 0.2) is 29.4 Å². The van der Waals surface area contributed by atoms with Crippen LogP contribution in [0, 0.1) is 0 Å². The topological polar surface area (TPSA) is 58.5 Å². The van der Waals surface area contributed by atoms with Gasteiger partial charge in [0, 0.05) is 25.9 Å². The van der Waals surface area contributed by atoms with Crippen LogP contribution < -0.4 is 10.6 Å². The number of aliphatic imine (C=N–C) groups is 1. The molecule has 5 heteroatoms. The van der Waals surface area contributed by atoms with Crippen molar-refractivity contribution in [1.29, 1.82) is 0 Å². The van der Waals surface area contributed by atoms with Crippen molar-refractivity contribution in [1.82, 2.24) is 15.6 Å². The Morgan fingerprint density at radius 2 is 2.40 bits per heavy atom. The van der Waals surface area contributed by atoms with Gasteiger partial charge in [0.1, 0.15) is 0 Å². The Balaban J connectivity index is 1.76. The maximum atomic E-state index is 5.61. The van der Waals surface area contributed by atoms with Crippen molar-refractivity contribution in [3.8, 4) is 0 Å². The predicted octanol–water partition coefficient (Wildman–Crippen LogP) is 1.71. The third kappa shape index (κ3) is 5.17. The molecular formula is C15H24N4O. The molecule has 5 nitrogen and oxygen atoms in total. The minimum atomic E-state index is 0.418. The molecule has 0 bridgehead atoms. The standard InChI is InChI=1S/C15H24N4O/c1-2-16-15(18-10-8-14-7-5-11-20-14)19-12-13-6-3-4-9-17-13/h3-4,6,9,14H,2,5,7-8,10-12H2,1H3,(H2,16,18,19). The van der Waals surface area contributed by atoms with E-state index in [1.54, 1.807) is 6.20 Å². The highest BCUT2D eigenvalue weighted by molar-refractivity contribution is 5.79. The van der Waals surface area contributed by atoms with E-state index >= 15 is 0 Å². The second kappa shape index (κ2) is 8.53. The third-order valence-corrected chi connectivity index (χ3v) is 3.25. The molecule has 0 amide bonds. The van der Waals surface area contributed by atoms with E-state index in [1.807, 2.05) is 18.2 Å². The van der Waals surface area contributed by atoms with Crippen LogP contribution in [0.25, 0.3) is 0 Å². The Hall–Kier alpha value is -1.62. The monoisotopic (exact) mass is 276 g/mol. The molecule has 1 unspecified atom stereocenters. The van der Waals surface area contributed by atoms with Gasteiger partial charge >= 0.3 is 0 Å². The lowest BCUT2D eigenvalue weighted by Crippen LogP contribution is -2.38. The third-order valence-electron chi connectivity index (χ3n) is 3.25. The molecule has 20 heavy (non-hydrogen) atoms. The number of aromatic nitrogens is 1. The quantitative estimate of drug-likeness (QED) is 0.613. The lowest BCUT2D eigenvalue weighted by atomic mass is 10.2. The fraction of sp³-hybridized carbons (Fsp3) is 0.600. The molecular weight excluding hydrogens is 252 g/mol. The van der Waals surface area contributed by atoms with Crippen molar-refractivity contribution < 1.29 is 4.74 Å². The first-order valence-corrected chi connectivity index (χ1v) is 7.42. The molecule has 1 saturated heterocycles. The highest BCUT2D eigenvalue weighted by atomic mass is 16.5. The molecule has 1 fully saturated rings. The van der Waals surface area contributed by atoms with E-state index in [9.17, 15) is 0 Å². The Morgan fingerprint density at radius 3 is 3.10 bits per heavy atom. The molecule has 0 spiro atoms. The van der Waals surface area contributed by atoms with Gasteiger partial charge < -0.3 is 15.4 Å². The molecule has 0 radical (unpaired) electrons. The van der Waals surface area contributed by atoms with Gasteiger partial charge in [-0.05, 0) is 38.3 Å². The predicted molar refractivity (Wildman–Crippen MR) is 80.6 cm³/mol. The van der Waals surface area contributed by atoms with Crippen LogP contribution in [0.4, 0.5) is 0 Å². The lowest BCUT2D eigenvalue weighted by molar-refractivity contribution is 0.105. The van der Waals surface area contributed by atoms with Gasteiger partial charge in [0.05, 0.1) is 18.3 Å². The van der Waals surface area contributed by atoms with Crippen molar-refractivity contribution >= 4 is 5.96 Å². The van der Waals surface area contributed by atoms with Crippen LogP contribution in [0.5, 0.6) is 0 Å². The molecule has 110 valence electrons. The van der Waals surface area contributed by atoms with Crippen LogP contribution in [0.2, 0.25) is 0 Å². The first kappa shape index (κ1) is 14.8. The average molecular weight is 276 g/mol. The second-order valence-electron chi connectivity index (χ2n) is 4.87. The van der Waals surface area contributed by atoms with Gasteiger partial charge in [-0.25, -0.2) is 4.99 Å². The Bertz CT molecular complexity index is 402. The number of rotatable bonds is 6. The minimum absolute atomic E-state index is 0.418. The van der Waals surface area contributed by atoms with Crippen LogP contribution in [0.1, 0.15) is 31.9 Å². The van der Waals surface area contributed by atoms with Crippen molar-refractivity contribution in [2.75, 3.05) is 19.7 Å². The first-order chi connectivity index (χ1) is 9.88. The zero-order valence-corrected chi connectivity index (χ0v) is 12.1. The summed E-state index contributed by atoms with van der Waals surface area (Å²) in [4.78, 5) is 8.81. The Kier molecular flexibility index (Phi) is 6.31. The van der Waals surface area contributed by atoms with E-state index in [1.165, 1.54) is 12.8 Å². The molecule has 0 aliphatic carbocycles. The van der Waals surface area contributed by atoms with Crippen LogP contribution >= 0.6 is 0 Å². The fourth-order valence-corrected chi connectivity index (χ4v) is 2.22. The zero-order chi connectivity index (χ0) is 14.0. The molecule has 2 N–H and O–H groups in total. The van der Waals surface area contributed by atoms with Crippen LogP contribution in [-0.2, 0) is 11.3 Å². The van der Waals surface area contributed by atoms with Crippen molar-refractivity contribution in [3.63, 3.8) is 0 Å². The van der Waals surface area contributed by atoms with Gasteiger partial charge in [0.25, 0.3) is 0 Å². The average Bonchev–Trinajstić information content (AvgIpc) is 2.99. The zero-order valence-electron chi connectivity index (χ0n) is 12.1. The van der Waals surface area contributed by atoms with Crippen LogP contribution in [0.3, 0.4) is 0 Å². The van der Waals surface area contributed by atoms with E-state index in [-0.39, 0.29) is 0 Å². The van der Waals surface area contributed by atoms with Gasteiger partial charge in [-0.15, -0.1) is 0 Å². The lowest BCUT2D eigenvalue weighted by Gasteiger charge is -2.13. The summed E-state index contributed by atoms with van der Waals surface area (Å²) < 4.78 is 5.61. The number of nitrogens with one attached hydrogen (secondary N) is 2. The molecule has 2 rings (SSSR count). The first-order valence-electron chi connectivity index (χ1n) is 7.42. The summed E-state index contributed by atoms with van der Waals surface area (Å²) in [6.07, 6.45) is 5.62. The summed E-state index contributed by atoms with van der Waals surface area (Å²) in [5.41, 5.74) is 0.976. The summed E-state index contributed by atoms with van der Waals surface area (Å²) >= 11 is 0. The number of pyridine rings is 1. The molecule has 1 aliphatic heterocycles. The largest absolute Gasteiger partial charge is 0.378 e. The SMILES string of the molecule is CCNC(=NCc1ccccn1)NCCC1CCCO1. The second-order valence-corrected chi connectivity index (χ2v) is 4.87. The van der Waals surface area contributed by atoms with E-state index in [2.05, 4.69) is 27.5 Å². The van der Waals surface area contributed by atoms with Gasteiger partial charge in [0.2, 0.25) is 0 Å². The summed E-state index contributed by atoms with van der Waals surface area (Å²) in [6, 6.07) is 5.88. The van der Waals surface area contributed by atoms with E-state index in [4.69, 9.17) is 4.74 Å². The fourth-order valence-electron chi connectivity index (χ4n) is 2.22. The van der Waals surface area contributed by atoms with Gasteiger partial charge in [-0.3, -0.25) is 4.98 Å². The van der Waals surface area contributed by atoms with Gasteiger partial charge in [0.15, 0.2) is 5.96 Å². The van der Waals surface area contributed by atoms with Crippen LogP contribution in [-0.4, -0.2) is 36.7 Å². The summed E-state index contributed by atoms with van der Waals surface area (Å²) in [5, 5.41) is 6.60. The van der Waals surface area contributed by atoms with Gasteiger partial charge in [-0.2, -0.15) is 0 Å². The van der Waals surface area contributed by atoms with Crippen molar-refractivity contribution in [2.45, 2.75) is 38.8 Å². The van der Waals surface area contributed by atoms with Crippen molar-refractivity contribution in [3.05, 3.63) is 30.1 Å². The Morgan fingerprint density at radius 1 is 1.45 bits per heavy atom. The maximum absolute atomic E-state index is 5.61. The van der Waals surface area contributed by atoms with Crippen molar-refractivity contribution in [2.24, 2.45) is 4.99 Å². The number of nitrogens with zero attached hydrogens (tertiary/aromatic N) is 2. The number of hydrogen-bond donors (Lipinski definition) is 2. The summed E-state index contributed by atoms with van der Waals surface area (Å²) in [7, 11) is 0. The number of hydrogen-bond acceptors (Lipinski definition) is 3. The Labute approximate surface area is 120 Å². The smallest absolute Gasteiger partial charge is 0.191 e. The minimum Gasteiger partial charge on any atom is -0.378 e. The molecule has 2 heterocycles. The molecule has 1 atom stereocenters. The molecule has 1 aromatic rings. The van der Waals surface area contributed by atoms with E-state index < -0.39 is 0 Å². The summed E-state index contributed by atoms with van der Waals surface area (Å²) in [5.74, 6) is 0.844. The highest BCUT2D eigenvalue weighted by Crippen LogP contribution is 2.14. The molecule has 0 aromatic carbocycles. The maximum Gasteiger partial charge on any atom is 0.191 e. The normalized spacial score (nSPS) is 19.1. The molecule has 0 saturated carbocycles. The molecule has 1 aromatic heterocycles. The molecule has 1 aliphatic rings. The number of guanidine groups is 1. The summed E-state index contributed by atoms with van der Waals surface area (Å²) in [6.45, 7) is 5.32.